The first-order valence-corrected chi connectivity index (χ1v) is 5.41. The summed E-state index contributed by atoms with van der Waals surface area (Å²) < 4.78 is 0. The van der Waals surface area contributed by atoms with Crippen LogP contribution in [0.3, 0.4) is 0 Å². The minimum absolute atomic E-state index is 0.753. The molecule has 0 heterocycles. The number of benzene rings is 2. The van der Waals surface area contributed by atoms with Crippen LogP contribution in [0.5, 0.6) is 0 Å². The van der Waals surface area contributed by atoms with Crippen LogP contribution >= 0.6 is 0 Å². The van der Waals surface area contributed by atoms with Gasteiger partial charge in [0.05, 0.1) is 11.6 Å². The minimum Gasteiger partial charge on any atom is -0.192 e. The van der Waals surface area contributed by atoms with E-state index in [1.807, 2.05) is 12.1 Å². The Bertz CT molecular complexity index is 618. The smallest absolute Gasteiger partial charge is 0.0991 e. The quantitative estimate of drug-likeness (QED) is 0.551. The highest BCUT2D eigenvalue weighted by molar-refractivity contribution is 5.77. The molecule has 0 unspecified atom stereocenters. The van der Waals surface area contributed by atoms with Gasteiger partial charge in [0, 0.05) is 0 Å². The Morgan fingerprint density at radius 1 is 1.00 bits per heavy atom. The van der Waals surface area contributed by atoms with Crippen LogP contribution in [0.4, 0.5) is 0 Å². The molecular formula is C15H11N. The molecule has 0 radical (unpaired) electrons. The van der Waals surface area contributed by atoms with Gasteiger partial charge in [-0.05, 0) is 47.7 Å². The van der Waals surface area contributed by atoms with Crippen LogP contribution in [0, 0.1) is 18.3 Å². The second kappa shape index (κ2) is 3.21. The number of rotatable bonds is 0. The van der Waals surface area contributed by atoms with E-state index in [9.17, 15) is 0 Å². The first kappa shape index (κ1) is 9.18. The number of hydrogen-bond donors (Lipinski definition) is 0. The van der Waals surface area contributed by atoms with Crippen LogP contribution in [0.2, 0.25) is 0 Å². The summed E-state index contributed by atoms with van der Waals surface area (Å²) in [7, 11) is 0. The standard InChI is InChI=1S/C15H11N/c1-10-2-4-12-8-13-7-11(9-16)3-5-14(13)15(12)6-10/h2-7H,8H2,1H3. The molecule has 1 aliphatic rings. The van der Waals surface area contributed by atoms with Crippen molar-refractivity contribution in [3.8, 4) is 17.2 Å². The van der Waals surface area contributed by atoms with Crippen molar-refractivity contribution in [3.63, 3.8) is 0 Å². The van der Waals surface area contributed by atoms with Gasteiger partial charge in [-0.3, -0.25) is 0 Å². The lowest BCUT2D eigenvalue weighted by atomic mass is 10.0. The molecule has 0 N–H and O–H groups in total. The maximum Gasteiger partial charge on any atom is 0.0991 e. The van der Waals surface area contributed by atoms with E-state index in [1.165, 1.54) is 27.8 Å². The molecule has 1 nitrogen and oxygen atoms in total. The number of nitriles is 1. The molecule has 0 bridgehead atoms. The van der Waals surface area contributed by atoms with Crippen molar-refractivity contribution in [2.75, 3.05) is 0 Å². The van der Waals surface area contributed by atoms with Crippen LogP contribution in [-0.2, 0) is 6.42 Å². The molecule has 0 aromatic heterocycles. The summed E-state index contributed by atoms with van der Waals surface area (Å²) in [5.41, 5.74) is 7.31. The SMILES string of the molecule is Cc1ccc2c(c1)-c1ccc(C#N)cc1C2. The molecule has 0 saturated carbocycles. The summed E-state index contributed by atoms with van der Waals surface area (Å²) in [4.78, 5) is 0. The molecule has 2 aromatic carbocycles. The van der Waals surface area contributed by atoms with E-state index < -0.39 is 0 Å². The maximum atomic E-state index is 8.88. The lowest BCUT2D eigenvalue weighted by Gasteiger charge is -2.01. The Morgan fingerprint density at radius 3 is 2.69 bits per heavy atom. The van der Waals surface area contributed by atoms with Crippen molar-refractivity contribution in [3.05, 3.63) is 58.7 Å². The van der Waals surface area contributed by atoms with Gasteiger partial charge in [0.2, 0.25) is 0 Å². The number of aryl methyl sites for hydroxylation is 1. The number of nitrogens with zero attached hydrogens (tertiary/aromatic N) is 1. The van der Waals surface area contributed by atoms with E-state index in [-0.39, 0.29) is 0 Å². The highest BCUT2D eigenvalue weighted by atomic mass is 14.3. The summed E-state index contributed by atoms with van der Waals surface area (Å²) >= 11 is 0. The Balaban J connectivity index is 2.23. The fraction of sp³-hybridized carbons (Fsp3) is 0.133. The van der Waals surface area contributed by atoms with Crippen molar-refractivity contribution in [1.29, 1.82) is 5.26 Å². The zero-order valence-electron chi connectivity index (χ0n) is 9.12. The largest absolute Gasteiger partial charge is 0.192 e. The van der Waals surface area contributed by atoms with Crippen LogP contribution in [0.25, 0.3) is 11.1 Å². The predicted molar refractivity (Wildman–Crippen MR) is 64.1 cm³/mol. The Kier molecular flexibility index (Phi) is 1.84. The fourth-order valence-corrected chi connectivity index (χ4v) is 2.37. The summed E-state index contributed by atoms with van der Waals surface area (Å²) in [5.74, 6) is 0. The van der Waals surface area contributed by atoms with Gasteiger partial charge in [-0.15, -0.1) is 0 Å². The molecule has 1 aliphatic carbocycles. The third-order valence-electron chi connectivity index (χ3n) is 3.17. The topological polar surface area (TPSA) is 23.8 Å². The molecule has 1 heteroatoms. The molecule has 0 aliphatic heterocycles. The monoisotopic (exact) mass is 205 g/mol. The molecule has 0 saturated heterocycles. The highest BCUT2D eigenvalue weighted by Gasteiger charge is 2.18. The first-order valence-electron chi connectivity index (χ1n) is 5.41. The summed E-state index contributed by atoms with van der Waals surface area (Å²) in [6.07, 6.45) is 0.959. The third-order valence-corrected chi connectivity index (χ3v) is 3.17. The lowest BCUT2D eigenvalue weighted by Crippen LogP contribution is -1.81. The van der Waals surface area contributed by atoms with Gasteiger partial charge < -0.3 is 0 Å². The van der Waals surface area contributed by atoms with E-state index in [4.69, 9.17) is 5.26 Å². The number of hydrogen-bond acceptors (Lipinski definition) is 1. The van der Waals surface area contributed by atoms with E-state index in [1.54, 1.807) is 0 Å². The van der Waals surface area contributed by atoms with Crippen LogP contribution < -0.4 is 0 Å². The summed E-state index contributed by atoms with van der Waals surface area (Å²) in [5, 5.41) is 8.88. The summed E-state index contributed by atoms with van der Waals surface area (Å²) in [6, 6.07) is 14.7. The maximum absolute atomic E-state index is 8.88. The normalized spacial score (nSPS) is 11.8. The Morgan fingerprint density at radius 2 is 1.88 bits per heavy atom. The minimum atomic E-state index is 0.753. The van der Waals surface area contributed by atoms with E-state index in [0.29, 0.717) is 0 Å². The van der Waals surface area contributed by atoms with Crippen LogP contribution in [0.15, 0.2) is 36.4 Å². The molecule has 76 valence electrons. The molecule has 0 amide bonds. The molecule has 3 rings (SSSR count). The fourth-order valence-electron chi connectivity index (χ4n) is 2.37. The summed E-state index contributed by atoms with van der Waals surface area (Å²) in [6.45, 7) is 2.11. The van der Waals surface area contributed by atoms with Crippen LogP contribution in [0.1, 0.15) is 22.3 Å². The van der Waals surface area contributed by atoms with E-state index in [2.05, 4.69) is 37.3 Å². The average Bonchev–Trinajstić information content (AvgIpc) is 2.66. The van der Waals surface area contributed by atoms with Gasteiger partial charge in [-0.1, -0.05) is 29.8 Å². The lowest BCUT2D eigenvalue weighted by molar-refractivity contribution is 1.25. The van der Waals surface area contributed by atoms with Gasteiger partial charge in [-0.25, -0.2) is 0 Å². The van der Waals surface area contributed by atoms with Crippen molar-refractivity contribution in [2.45, 2.75) is 13.3 Å². The molecule has 16 heavy (non-hydrogen) atoms. The van der Waals surface area contributed by atoms with Crippen molar-refractivity contribution in [2.24, 2.45) is 0 Å². The van der Waals surface area contributed by atoms with Crippen LogP contribution in [-0.4, -0.2) is 0 Å². The van der Waals surface area contributed by atoms with Gasteiger partial charge in [0.15, 0.2) is 0 Å². The van der Waals surface area contributed by atoms with Gasteiger partial charge in [-0.2, -0.15) is 5.26 Å². The van der Waals surface area contributed by atoms with E-state index in [0.717, 1.165) is 12.0 Å². The van der Waals surface area contributed by atoms with Crippen molar-refractivity contribution < 1.29 is 0 Å². The predicted octanol–water partition coefficient (Wildman–Crippen LogP) is 3.44. The highest BCUT2D eigenvalue weighted by Crippen LogP contribution is 2.37. The zero-order valence-corrected chi connectivity index (χ0v) is 9.12. The van der Waals surface area contributed by atoms with Crippen molar-refractivity contribution >= 4 is 0 Å². The second-order valence-corrected chi connectivity index (χ2v) is 4.32. The zero-order chi connectivity index (χ0) is 11.1. The second-order valence-electron chi connectivity index (χ2n) is 4.32. The first-order chi connectivity index (χ1) is 7.78. The van der Waals surface area contributed by atoms with Gasteiger partial charge >= 0.3 is 0 Å². The number of fused-ring (bicyclic) bond motifs is 3. The third kappa shape index (κ3) is 1.24. The Labute approximate surface area is 95.0 Å². The molecule has 0 fully saturated rings. The molecular weight excluding hydrogens is 194 g/mol. The molecule has 0 atom stereocenters. The molecule has 0 spiro atoms. The average molecular weight is 205 g/mol. The molecule has 2 aromatic rings. The Hall–Kier alpha value is -2.07. The van der Waals surface area contributed by atoms with E-state index >= 15 is 0 Å². The van der Waals surface area contributed by atoms with Gasteiger partial charge in [0.25, 0.3) is 0 Å². The van der Waals surface area contributed by atoms with Crippen molar-refractivity contribution in [1.82, 2.24) is 0 Å². The van der Waals surface area contributed by atoms with Gasteiger partial charge in [0.1, 0.15) is 0 Å².